The predicted molar refractivity (Wildman–Crippen MR) is 69.4 cm³/mol. The van der Waals surface area contributed by atoms with Crippen molar-refractivity contribution in [2.75, 3.05) is 7.11 Å². The van der Waals surface area contributed by atoms with E-state index in [1.165, 1.54) is 7.11 Å². The van der Waals surface area contributed by atoms with Gasteiger partial charge in [0.15, 0.2) is 5.69 Å². The Morgan fingerprint density at radius 3 is 2.63 bits per heavy atom. The van der Waals surface area contributed by atoms with Crippen LogP contribution in [-0.4, -0.2) is 33.1 Å². The van der Waals surface area contributed by atoms with Crippen LogP contribution in [-0.2, 0) is 11.3 Å². The highest BCUT2D eigenvalue weighted by Crippen LogP contribution is 2.22. The number of carbonyl (C=O) groups excluding carboxylic acids is 1. The van der Waals surface area contributed by atoms with Gasteiger partial charge in [0.25, 0.3) is 0 Å². The molecule has 2 rings (SSSR count). The van der Waals surface area contributed by atoms with Crippen LogP contribution in [0.5, 0.6) is 0 Å². The largest absolute Gasteiger partial charge is 0.464 e. The van der Waals surface area contributed by atoms with Crippen LogP contribution in [0.25, 0.3) is 11.3 Å². The maximum Gasteiger partial charge on any atom is 0.360 e. The van der Waals surface area contributed by atoms with Crippen LogP contribution in [0.2, 0.25) is 0 Å². The van der Waals surface area contributed by atoms with Crippen LogP contribution in [0, 0.1) is 5.92 Å². The Bertz CT molecular complexity index is 563. The SMILES string of the molecule is COC(=O)c1nnn(CC(C)C)c1-c1ccncc1. The third-order valence-corrected chi connectivity index (χ3v) is 2.61. The molecule has 0 aliphatic rings. The second kappa shape index (κ2) is 5.60. The van der Waals surface area contributed by atoms with Crippen molar-refractivity contribution >= 4 is 5.97 Å². The van der Waals surface area contributed by atoms with Gasteiger partial charge < -0.3 is 4.74 Å². The first-order chi connectivity index (χ1) is 9.13. The van der Waals surface area contributed by atoms with Gasteiger partial charge in [-0.15, -0.1) is 5.10 Å². The minimum absolute atomic E-state index is 0.231. The molecule has 0 saturated heterocycles. The highest BCUT2D eigenvalue weighted by atomic mass is 16.5. The van der Waals surface area contributed by atoms with E-state index in [2.05, 4.69) is 29.1 Å². The molecule has 0 radical (unpaired) electrons. The first kappa shape index (κ1) is 13.2. The summed E-state index contributed by atoms with van der Waals surface area (Å²) in [5.74, 6) is -0.0883. The summed E-state index contributed by atoms with van der Waals surface area (Å²) in [5.41, 5.74) is 1.75. The molecule has 2 aromatic heterocycles. The Morgan fingerprint density at radius 2 is 2.05 bits per heavy atom. The Balaban J connectivity index is 2.53. The van der Waals surface area contributed by atoms with Gasteiger partial charge in [0.1, 0.15) is 5.69 Å². The van der Waals surface area contributed by atoms with E-state index in [0.717, 1.165) is 5.56 Å². The van der Waals surface area contributed by atoms with Crippen molar-refractivity contribution in [1.82, 2.24) is 20.0 Å². The second-order valence-electron chi connectivity index (χ2n) is 4.59. The quantitative estimate of drug-likeness (QED) is 0.784. The fourth-order valence-corrected chi connectivity index (χ4v) is 1.82. The molecule has 100 valence electrons. The summed E-state index contributed by atoms with van der Waals surface area (Å²) >= 11 is 0. The average Bonchev–Trinajstić information content (AvgIpc) is 2.81. The Kier molecular flexibility index (Phi) is 3.89. The van der Waals surface area contributed by atoms with Gasteiger partial charge >= 0.3 is 5.97 Å². The van der Waals surface area contributed by atoms with Gasteiger partial charge in [0.2, 0.25) is 0 Å². The molecule has 0 aliphatic carbocycles. The molecular formula is C13H16N4O2. The summed E-state index contributed by atoms with van der Waals surface area (Å²) in [4.78, 5) is 15.7. The number of nitrogens with zero attached hydrogens (tertiary/aromatic N) is 4. The standard InChI is InChI=1S/C13H16N4O2/c1-9(2)8-17-12(10-4-6-14-7-5-10)11(15-16-17)13(18)19-3/h4-7,9H,8H2,1-3H3. The minimum atomic E-state index is -0.484. The number of ether oxygens (including phenoxy) is 1. The molecule has 0 amide bonds. The molecule has 0 spiro atoms. The van der Waals surface area contributed by atoms with E-state index in [1.54, 1.807) is 17.1 Å². The third-order valence-electron chi connectivity index (χ3n) is 2.61. The lowest BCUT2D eigenvalue weighted by Gasteiger charge is -2.09. The zero-order chi connectivity index (χ0) is 13.8. The number of carbonyl (C=O) groups is 1. The topological polar surface area (TPSA) is 69.9 Å². The maximum atomic E-state index is 11.8. The highest BCUT2D eigenvalue weighted by Gasteiger charge is 2.21. The molecule has 0 atom stereocenters. The van der Waals surface area contributed by atoms with Crippen molar-refractivity contribution < 1.29 is 9.53 Å². The molecule has 19 heavy (non-hydrogen) atoms. The van der Waals surface area contributed by atoms with Crippen LogP contribution >= 0.6 is 0 Å². The highest BCUT2D eigenvalue weighted by molar-refractivity contribution is 5.93. The minimum Gasteiger partial charge on any atom is -0.464 e. The smallest absolute Gasteiger partial charge is 0.360 e. The van der Waals surface area contributed by atoms with Gasteiger partial charge in [-0.3, -0.25) is 4.98 Å². The third kappa shape index (κ3) is 2.78. The second-order valence-corrected chi connectivity index (χ2v) is 4.59. The van der Waals surface area contributed by atoms with Crippen molar-refractivity contribution in [1.29, 1.82) is 0 Å². The lowest BCUT2D eigenvalue weighted by Crippen LogP contribution is -2.09. The summed E-state index contributed by atoms with van der Waals surface area (Å²) in [7, 11) is 1.33. The molecule has 6 heteroatoms. The zero-order valence-electron chi connectivity index (χ0n) is 11.2. The van der Waals surface area contributed by atoms with Crippen molar-refractivity contribution in [3.63, 3.8) is 0 Å². The predicted octanol–water partition coefficient (Wildman–Crippen LogP) is 1.78. The molecule has 0 aromatic carbocycles. The van der Waals surface area contributed by atoms with E-state index >= 15 is 0 Å². The number of hydrogen-bond donors (Lipinski definition) is 0. The Morgan fingerprint density at radius 1 is 1.37 bits per heavy atom. The van der Waals surface area contributed by atoms with Gasteiger partial charge in [-0.05, 0) is 18.1 Å². The van der Waals surface area contributed by atoms with Crippen LogP contribution in [0.4, 0.5) is 0 Å². The van der Waals surface area contributed by atoms with Crippen LogP contribution < -0.4 is 0 Å². The fourth-order valence-electron chi connectivity index (χ4n) is 1.82. The summed E-state index contributed by atoms with van der Waals surface area (Å²) < 4.78 is 6.47. The van der Waals surface area contributed by atoms with E-state index in [4.69, 9.17) is 4.74 Å². The first-order valence-electron chi connectivity index (χ1n) is 6.05. The van der Waals surface area contributed by atoms with Crippen molar-refractivity contribution in [2.24, 2.45) is 5.92 Å². The van der Waals surface area contributed by atoms with Crippen LogP contribution in [0.1, 0.15) is 24.3 Å². The van der Waals surface area contributed by atoms with E-state index in [9.17, 15) is 4.79 Å². The number of methoxy groups -OCH3 is 1. The average molecular weight is 260 g/mol. The number of rotatable bonds is 4. The lowest BCUT2D eigenvalue weighted by atomic mass is 10.1. The van der Waals surface area contributed by atoms with Gasteiger partial charge in [0.05, 0.1) is 7.11 Å². The van der Waals surface area contributed by atoms with Crippen LogP contribution in [0.3, 0.4) is 0 Å². The summed E-state index contributed by atoms with van der Waals surface area (Å²) in [6.07, 6.45) is 3.34. The van der Waals surface area contributed by atoms with E-state index < -0.39 is 5.97 Å². The van der Waals surface area contributed by atoms with Crippen LogP contribution in [0.15, 0.2) is 24.5 Å². The molecule has 0 aliphatic heterocycles. The number of esters is 1. The summed E-state index contributed by atoms with van der Waals surface area (Å²) in [6, 6.07) is 3.64. The lowest BCUT2D eigenvalue weighted by molar-refractivity contribution is 0.0595. The fraction of sp³-hybridized carbons (Fsp3) is 0.385. The van der Waals surface area contributed by atoms with Crippen molar-refractivity contribution in [3.05, 3.63) is 30.2 Å². The van der Waals surface area contributed by atoms with E-state index in [0.29, 0.717) is 18.2 Å². The molecule has 6 nitrogen and oxygen atoms in total. The maximum absolute atomic E-state index is 11.8. The molecular weight excluding hydrogens is 244 g/mol. The zero-order valence-corrected chi connectivity index (χ0v) is 11.2. The molecule has 2 heterocycles. The number of pyridine rings is 1. The summed E-state index contributed by atoms with van der Waals surface area (Å²) in [5, 5.41) is 7.98. The normalized spacial score (nSPS) is 10.7. The Hall–Kier alpha value is -2.24. The number of hydrogen-bond acceptors (Lipinski definition) is 5. The van der Waals surface area contributed by atoms with Crippen molar-refractivity contribution in [2.45, 2.75) is 20.4 Å². The van der Waals surface area contributed by atoms with E-state index in [1.807, 2.05) is 12.1 Å². The summed E-state index contributed by atoms with van der Waals surface area (Å²) in [6.45, 7) is 4.84. The molecule has 0 unspecified atom stereocenters. The Labute approximate surface area is 111 Å². The van der Waals surface area contributed by atoms with Gasteiger partial charge in [0, 0.05) is 24.5 Å². The molecule has 2 aromatic rings. The van der Waals surface area contributed by atoms with Gasteiger partial charge in [-0.1, -0.05) is 19.1 Å². The molecule has 0 N–H and O–H groups in total. The first-order valence-corrected chi connectivity index (χ1v) is 6.05. The molecule has 0 fully saturated rings. The monoisotopic (exact) mass is 260 g/mol. The van der Waals surface area contributed by atoms with E-state index in [-0.39, 0.29) is 5.69 Å². The van der Waals surface area contributed by atoms with Gasteiger partial charge in [-0.25, -0.2) is 9.48 Å². The number of aromatic nitrogens is 4. The molecule has 0 saturated carbocycles. The molecule has 0 bridgehead atoms. The van der Waals surface area contributed by atoms with Gasteiger partial charge in [-0.2, -0.15) is 0 Å². The van der Waals surface area contributed by atoms with Crippen molar-refractivity contribution in [3.8, 4) is 11.3 Å².